The van der Waals surface area contributed by atoms with Crippen molar-refractivity contribution < 1.29 is 9.90 Å². The van der Waals surface area contributed by atoms with Crippen molar-refractivity contribution in [2.45, 2.75) is 31.4 Å². The zero-order valence-electron chi connectivity index (χ0n) is 13.3. The van der Waals surface area contributed by atoms with Gasteiger partial charge < -0.3 is 20.6 Å². The van der Waals surface area contributed by atoms with Gasteiger partial charge in [0.25, 0.3) is 0 Å². The molecule has 2 heterocycles. The highest BCUT2D eigenvalue weighted by atomic mass is 32.2. The van der Waals surface area contributed by atoms with Crippen LogP contribution in [0.1, 0.15) is 19.3 Å². The molecule has 0 radical (unpaired) electrons. The molecule has 2 aliphatic heterocycles. The molecule has 1 atom stereocenters. The summed E-state index contributed by atoms with van der Waals surface area (Å²) in [5, 5.41) is 16.1. The molecule has 5 nitrogen and oxygen atoms in total. The first-order valence-electron chi connectivity index (χ1n) is 8.35. The lowest BCUT2D eigenvalue weighted by Gasteiger charge is -2.33. The van der Waals surface area contributed by atoms with Crippen molar-refractivity contribution in [3.8, 4) is 0 Å². The second-order valence-electron chi connectivity index (χ2n) is 6.21. The van der Waals surface area contributed by atoms with Crippen LogP contribution in [-0.4, -0.2) is 54.3 Å². The average Bonchev–Trinajstić information content (AvgIpc) is 2.57. The number of anilines is 2. The van der Waals surface area contributed by atoms with Crippen LogP contribution in [0.25, 0.3) is 0 Å². The molecule has 0 aromatic heterocycles. The van der Waals surface area contributed by atoms with Crippen LogP contribution >= 0.6 is 11.8 Å². The Morgan fingerprint density at radius 2 is 2.13 bits per heavy atom. The number of carbonyl (C=O) groups is 1. The van der Waals surface area contributed by atoms with Gasteiger partial charge in [-0.3, -0.25) is 4.79 Å². The van der Waals surface area contributed by atoms with E-state index < -0.39 is 0 Å². The van der Waals surface area contributed by atoms with Crippen LogP contribution in [0.3, 0.4) is 0 Å². The number of hydrogen-bond acceptors (Lipinski definition) is 5. The summed E-state index contributed by atoms with van der Waals surface area (Å²) in [6.07, 6.45) is 1.89. The minimum Gasteiger partial charge on any atom is -0.393 e. The molecule has 0 bridgehead atoms. The zero-order valence-corrected chi connectivity index (χ0v) is 14.1. The van der Waals surface area contributed by atoms with Gasteiger partial charge in [0, 0.05) is 43.6 Å². The van der Waals surface area contributed by atoms with E-state index in [9.17, 15) is 9.90 Å². The van der Waals surface area contributed by atoms with E-state index in [0.29, 0.717) is 6.42 Å². The van der Waals surface area contributed by atoms with Crippen LogP contribution in [0.5, 0.6) is 0 Å². The fourth-order valence-electron chi connectivity index (χ4n) is 3.14. The van der Waals surface area contributed by atoms with E-state index >= 15 is 0 Å². The summed E-state index contributed by atoms with van der Waals surface area (Å²) < 4.78 is 0. The molecule has 1 aromatic rings. The van der Waals surface area contributed by atoms with Gasteiger partial charge in [-0.05, 0) is 25.0 Å². The first kappa shape index (κ1) is 16.6. The van der Waals surface area contributed by atoms with Crippen molar-refractivity contribution >= 4 is 29.0 Å². The van der Waals surface area contributed by atoms with Crippen molar-refractivity contribution in [3.05, 3.63) is 24.3 Å². The van der Waals surface area contributed by atoms with Gasteiger partial charge in [-0.15, -0.1) is 0 Å². The van der Waals surface area contributed by atoms with Crippen molar-refractivity contribution in [1.82, 2.24) is 5.32 Å². The van der Waals surface area contributed by atoms with Gasteiger partial charge in [-0.25, -0.2) is 0 Å². The maximum Gasteiger partial charge on any atom is 0.226 e. The second kappa shape index (κ2) is 8.04. The molecule has 0 aliphatic carbocycles. The van der Waals surface area contributed by atoms with Crippen LogP contribution in [0.4, 0.5) is 11.4 Å². The zero-order chi connectivity index (χ0) is 16.1. The number of aliphatic hydroxyl groups is 1. The van der Waals surface area contributed by atoms with Gasteiger partial charge in [-0.1, -0.05) is 12.1 Å². The summed E-state index contributed by atoms with van der Waals surface area (Å²) >= 11 is 1.90. The van der Waals surface area contributed by atoms with E-state index in [1.807, 2.05) is 36.0 Å². The Balaban J connectivity index is 1.62. The fourth-order valence-corrected chi connectivity index (χ4v) is 4.09. The molecule has 0 saturated carbocycles. The molecule has 6 heteroatoms. The summed E-state index contributed by atoms with van der Waals surface area (Å²) in [6.45, 7) is 2.64. The minimum absolute atomic E-state index is 0.0643. The number of hydrogen-bond donors (Lipinski definition) is 3. The van der Waals surface area contributed by atoms with E-state index in [-0.39, 0.29) is 18.1 Å². The van der Waals surface area contributed by atoms with E-state index in [1.165, 1.54) is 0 Å². The quantitative estimate of drug-likeness (QED) is 0.781. The van der Waals surface area contributed by atoms with Crippen molar-refractivity contribution in [3.63, 3.8) is 0 Å². The molecular weight excluding hydrogens is 310 g/mol. The summed E-state index contributed by atoms with van der Waals surface area (Å²) in [5.74, 6) is 2.19. The first-order valence-corrected chi connectivity index (χ1v) is 9.51. The fraction of sp³-hybridized carbons (Fsp3) is 0.588. The normalized spacial score (nSPS) is 22.8. The summed E-state index contributed by atoms with van der Waals surface area (Å²) in [6, 6.07) is 8.22. The molecule has 3 rings (SSSR count). The number of rotatable bonds is 4. The molecule has 2 saturated heterocycles. The molecule has 3 N–H and O–H groups in total. The monoisotopic (exact) mass is 335 g/mol. The molecule has 2 aliphatic rings. The summed E-state index contributed by atoms with van der Waals surface area (Å²) in [4.78, 5) is 14.6. The average molecular weight is 335 g/mol. The largest absolute Gasteiger partial charge is 0.393 e. The number of nitrogens with one attached hydrogen (secondary N) is 2. The highest BCUT2D eigenvalue weighted by Crippen LogP contribution is 2.28. The van der Waals surface area contributed by atoms with Crippen LogP contribution in [0.15, 0.2) is 24.3 Å². The Hall–Kier alpha value is -1.24. The Kier molecular flexibility index (Phi) is 5.80. The van der Waals surface area contributed by atoms with Crippen molar-refractivity contribution in [2.24, 2.45) is 0 Å². The lowest BCUT2D eigenvalue weighted by atomic mass is 10.1. The Morgan fingerprint density at radius 1 is 1.35 bits per heavy atom. The number of thioether (sulfide) groups is 1. The summed E-state index contributed by atoms with van der Waals surface area (Å²) in [7, 11) is 0. The van der Waals surface area contributed by atoms with Crippen LogP contribution in [-0.2, 0) is 4.79 Å². The highest BCUT2D eigenvalue weighted by Gasteiger charge is 2.21. The number of para-hydroxylation sites is 2. The van der Waals surface area contributed by atoms with Gasteiger partial charge >= 0.3 is 0 Å². The SMILES string of the molecule is O=C(CC1CSCCN1)Nc1ccccc1N1CCC(O)CC1. The maximum atomic E-state index is 12.3. The van der Waals surface area contributed by atoms with Gasteiger partial charge in [-0.2, -0.15) is 11.8 Å². The number of aliphatic hydroxyl groups excluding tert-OH is 1. The molecule has 2 fully saturated rings. The lowest BCUT2D eigenvalue weighted by Crippen LogP contribution is -2.40. The van der Waals surface area contributed by atoms with Gasteiger partial charge in [0.2, 0.25) is 5.91 Å². The number of amides is 1. The smallest absolute Gasteiger partial charge is 0.226 e. The van der Waals surface area contributed by atoms with Crippen LogP contribution < -0.4 is 15.5 Å². The van der Waals surface area contributed by atoms with Gasteiger partial charge in [0.15, 0.2) is 0 Å². The van der Waals surface area contributed by atoms with Crippen molar-refractivity contribution in [1.29, 1.82) is 0 Å². The Bertz CT molecular complexity index is 526. The topological polar surface area (TPSA) is 64.6 Å². The van der Waals surface area contributed by atoms with E-state index in [4.69, 9.17) is 0 Å². The van der Waals surface area contributed by atoms with Crippen LogP contribution in [0, 0.1) is 0 Å². The van der Waals surface area contributed by atoms with E-state index in [0.717, 1.165) is 55.4 Å². The number of piperidine rings is 1. The van der Waals surface area contributed by atoms with Gasteiger partial charge in [0.1, 0.15) is 0 Å². The third-order valence-corrected chi connectivity index (χ3v) is 5.54. The summed E-state index contributed by atoms with van der Waals surface area (Å²) in [5.41, 5.74) is 1.93. The predicted octanol–water partition coefficient (Wildman–Crippen LogP) is 1.68. The molecule has 1 amide bonds. The van der Waals surface area contributed by atoms with Crippen LogP contribution in [0.2, 0.25) is 0 Å². The third-order valence-electron chi connectivity index (χ3n) is 4.41. The first-order chi connectivity index (χ1) is 11.2. The molecular formula is C17H25N3O2S. The molecule has 23 heavy (non-hydrogen) atoms. The minimum atomic E-state index is -0.192. The molecule has 1 aromatic carbocycles. The highest BCUT2D eigenvalue weighted by molar-refractivity contribution is 7.99. The van der Waals surface area contributed by atoms with E-state index in [2.05, 4.69) is 15.5 Å². The predicted molar refractivity (Wildman–Crippen MR) is 96.3 cm³/mol. The molecule has 126 valence electrons. The second-order valence-corrected chi connectivity index (χ2v) is 7.36. The Labute approximate surface area is 141 Å². The standard InChI is InChI=1S/C17H25N3O2S/c21-14-5-8-20(9-6-14)16-4-2-1-3-15(16)19-17(22)11-13-12-23-10-7-18-13/h1-4,13-14,18,21H,5-12H2,(H,19,22). The number of benzene rings is 1. The Morgan fingerprint density at radius 3 is 2.87 bits per heavy atom. The van der Waals surface area contributed by atoms with Gasteiger partial charge in [0.05, 0.1) is 17.5 Å². The van der Waals surface area contributed by atoms with E-state index in [1.54, 1.807) is 0 Å². The molecule has 0 spiro atoms. The number of nitrogens with zero attached hydrogens (tertiary/aromatic N) is 1. The number of carbonyl (C=O) groups excluding carboxylic acids is 1. The third kappa shape index (κ3) is 4.62. The molecule has 1 unspecified atom stereocenters. The van der Waals surface area contributed by atoms with Crippen molar-refractivity contribution in [2.75, 3.05) is 41.4 Å². The maximum absolute atomic E-state index is 12.3. The lowest BCUT2D eigenvalue weighted by molar-refractivity contribution is -0.116.